The van der Waals surface area contributed by atoms with Gasteiger partial charge in [-0.05, 0) is 39.3 Å². The van der Waals surface area contributed by atoms with E-state index in [4.69, 9.17) is 4.74 Å². The summed E-state index contributed by atoms with van der Waals surface area (Å²) in [6.45, 7) is 6.92. The van der Waals surface area contributed by atoms with Crippen molar-refractivity contribution in [3.63, 3.8) is 0 Å². The van der Waals surface area contributed by atoms with Crippen molar-refractivity contribution in [2.75, 3.05) is 18.0 Å². The fourth-order valence-corrected chi connectivity index (χ4v) is 2.89. The normalized spacial score (nSPS) is 17.2. The van der Waals surface area contributed by atoms with Crippen molar-refractivity contribution >= 4 is 11.9 Å². The number of ether oxygens (including phenoxy) is 1. The molecule has 1 aromatic heterocycles. The predicted molar refractivity (Wildman–Crippen MR) is 99.1 cm³/mol. The first-order valence-corrected chi connectivity index (χ1v) is 8.67. The Kier molecular flexibility index (Phi) is 4.97. The fourth-order valence-electron chi connectivity index (χ4n) is 2.89. The number of para-hydroxylation sites is 1. The number of phenols is 1. The SMILES string of the molecule is CC(C)(C)OC(=O)N[C@@H]1CCN(c2cncc(-c3ccccc3O)n2)C1. The van der Waals surface area contributed by atoms with Gasteiger partial charge in [0.25, 0.3) is 0 Å². The first-order valence-electron chi connectivity index (χ1n) is 8.67. The Morgan fingerprint density at radius 3 is 2.81 bits per heavy atom. The molecule has 1 aromatic carbocycles. The minimum Gasteiger partial charge on any atom is -0.507 e. The maximum absolute atomic E-state index is 11.9. The van der Waals surface area contributed by atoms with Crippen LogP contribution in [0.1, 0.15) is 27.2 Å². The molecular weight excluding hydrogens is 332 g/mol. The van der Waals surface area contributed by atoms with E-state index >= 15 is 0 Å². The van der Waals surface area contributed by atoms with Gasteiger partial charge < -0.3 is 20.1 Å². The second kappa shape index (κ2) is 7.19. The Labute approximate surface area is 153 Å². The molecule has 1 fully saturated rings. The van der Waals surface area contributed by atoms with E-state index in [-0.39, 0.29) is 11.8 Å². The van der Waals surface area contributed by atoms with Gasteiger partial charge in [-0.1, -0.05) is 12.1 Å². The monoisotopic (exact) mass is 356 g/mol. The van der Waals surface area contributed by atoms with Crippen LogP contribution in [0.25, 0.3) is 11.3 Å². The molecule has 7 heteroatoms. The van der Waals surface area contributed by atoms with Gasteiger partial charge in [0.05, 0.1) is 24.1 Å². The van der Waals surface area contributed by atoms with Gasteiger partial charge in [0.1, 0.15) is 17.2 Å². The molecule has 1 saturated heterocycles. The molecule has 1 amide bonds. The Bertz CT molecular complexity index is 788. The van der Waals surface area contributed by atoms with Crippen LogP contribution in [0, 0.1) is 0 Å². The average molecular weight is 356 g/mol. The van der Waals surface area contributed by atoms with Crippen molar-refractivity contribution in [2.45, 2.75) is 38.8 Å². The molecule has 2 aromatic rings. The summed E-state index contributed by atoms with van der Waals surface area (Å²) in [4.78, 5) is 22.9. The highest BCUT2D eigenvalue weighted by Gasteiger charge is 2.27. The highest BCUT2D eigenvalue weighted by atomic mass is 16.6. The summed E-state index contributed by atoms with van der Waals surface area (Å²) in [6.07, 6.45) is 3.73. The van der Waals surface area contributed by atoms with E-state index in [2.05, 4.69) is 20.2 Å². The molecule has 0 bridgehead atoms. The van der Waals surface area contributed by atoms with Crippen molar-refractivity contribution in [3.8, 4) is 17.0 Å². The quantitative estimate of drug-likeness (QED) is 0.879. The van der Waals surface area contributed by atoms with Gasteiger partial charge in [-0.3, -0.25) is 4.98 Å². The fraction of sp³-hybridized carbons (Fsp3) is 0.421. The molecule has 1 aliphatic heterocycles. The zero-order valence-corrected chi connectivity index (χ0v) is 15.3. The number of carbonyl (C=O) groups excluding carboxylic acids is 1. The maximum Gasteiger partial charge on any atom is 0.407 e. The van der Waals surface area contributed by atoms with Crippen molar-refractivity contribution < 1.29 is 14.6 Å². The second-order valence-corrected chi connectivity index (χ2v) is 7.36. The molecule has 0 unspecified atom stereocenters. The highest BCUT2D eigenvalue weighted by molar-refractivity contribution is 5.69. The van der Waals surface area contributed by atoms with E-state index in [0.29, 0.717) is 17.8 Å². The molecule has 1 aliphatic rings. The van der Waals surface area contributed by atoms with Crippen molar-refractivity contribution in [1.29, 1.82) is 0 Å². The molecule has 2 heterocycles. The van der Waals surface area contributed by atoms with Crippen molar-refractivity contribution in [2.24, 2.45) is 0 Å². The molecule has 26 heavy (non-hydrogen) atoms. The Balaban J connectivity index is 1.67. The lowest BCUT2D eigenvalue weighted by Gasteiger charge is -2.22. The second-order valence-electron chi connectivity index (χ2n) is 7.36. The van der Waals surface area contributed by atoms with Crippen molar-refractivity contribution in [1.82, 2.24) is 15.3 Å². The molecule has 7 nitrogen and oxygen atoms in total. The standard InChI is InChI=1S/C19H24N4O3/c1-19(2,3)26-18(25)21-13-8-9-23(12-13)17-11-20-10-15(22-17)14-6-4-5-7-16(14)24/h4-7,10-11,13,24H,8-9,12H2,1-3H3,(H,21,25)/t13-/m1/s1. The number of aromatic hydroxyl groups is 1. The van der Waals surface area contributed by atoms with Crippen LogP contribution in [0.2, 0.25) is 0 Å². The van der Waals surface area contributed by atoms with Crippen LogP contribution >= 0.6 is 0 Å². The molecule has 0 radical (unpaired) electrons. The van der Waals surface area contributed by atoms with Crippen LogP contribution in [-0.4, -0.2) is 45.9 Å². The van der Waals surface area contributed by atoms with Gasteiger partial charge in [-0.2, -0.15) is 0 Å². The van der Waals surface area contributed by atoms with Gasteiger partial charge in [-0.25, -0.2) is 9.78 Å². The van der Waals surface area contributed by atoms with E-state index in [1.807, 2.05) is 26.8 Å². The minimum atomic E-state index is -0.514. The Hall–Kier alpha value is -2.83. The molecule has 1 atom stereocenters. The number of hydrogen-bond acceptors (Lipinski definition) is 6. The molecule has 0 aliphatic carbocycles. The van der Waals surface area contributed by atoms with E-state index in [1.165, 1.54) is 0 Å². The molecule has 2 N–H and O–H groups in total. The third-order valence-electron chi connectivity index (χ3n) is 4.03. The third kappa shape index (κ3) is 4.41. The first-order chi connectivity index (χ1) is 12.3. The number of hydrogen-bond donors (Lipinski definition) is 2. The Morgan fingerprint density at radius 2 is 2.08 bits per heavy atom. The predicted octanol–water partition coefficient (Wildman–Crippen LogP) is 2.95. The summed E-state index contributed by atoms with van der Waals surface area (Å²) in [5, 5.41) is 12.9. The number of benzene rings is 1. The zero-order valence-electron chi connectivity index (χ0n) is 15.3. The van der Waals surface area contributed by atoms with E-state index in [1.54, 1.807) is 30.6 Å². The average Bonchev–Trinajstić information content (AvgIpc) is 3.02. The molecule has 3 rings (SSSR count). The highest BCUT2D eigenvalue weighted by Crippen LogP contribution is 2.28. The summed E-state index contributed by atoms with van der Waals surface area (Å²) in [6, 6.07) is 7.05. The summed E-state index contributed by atoms with van der Waals surface area (Å²) in [5.41, 5.74) is 0.744. The van der Waals surface area contributed by atoms with Crippen LogP contribution in [0.3, 0.4) is 0 Å². The number of nitrogens with zero attached hydrogens (tertiary/aromatic N) is 3. The number of carbonyl (C=O) groups is 1. The summed E-state index contributed by atoms with van der Waals surface area (Å²) < 4.78 is 5.31. The topological polar surface area (TPSA) is 87.6 Å². The van der Waals surface area contributed by atoms with E-state index in [9.17, 15) is 9.90 Å². The number of aromatic nitrogens is 2. The minimum absolute atomic E-state index is 0.000402. The summed E-state index contributed by atoms with van der Waals surface area (Å²) >= 11 is 0. The first kappa shape index (κ1) is 18.0. The number of amides is 1. The van der Waals surface area contributed by atoms with Gasteiger partial charge in [-0.15, -0.1) is 0 Å². The number of nitrogens with one attached hydrogen (secondary N) is 1. The number of rotatable bonds is 3. The van der Waals surface area contributed by atoms with Crippen LogP contribution in [-0.2, 0) is 4.74 Å². The van der Waals surface area contributed by atoms with Gasteiger partial charge in [0.2, 0.25) is 0 Å². The molecule has 0 saturated carbocycles. The maximum atomic E-state index is 11.9. The number of phenolic OH excluding ortho intramolecular Hbond substituents is 1. The van der Waals surface area contributed by atoms with Crippen LogP contribution < -0.4 is 10.2 Å². The molecule has 0 spiro atoms. The van der Waals surface area contributed by atoms with Gasteiger partial charge >= 0.3 is 6.09 Å². The molecular formula is C19H24N4O3. The van der Waals surface area contributed by atoms with E-state index in [0.717, 1.165) is 18.8 Å². The molecule has 138 valence electrons. The summed E-state index contributed by atoms with van der Waals surface area (Å²) in [7, 11) is 0. The van der Waals surface area contributed by atoms with Crippen molar-refractivity contribution in [3.05, 3.63) is 36.7 Å². The lowest BCUT2D eigenvalue weighted by molar-refractivity contribution is 0.0509. The van der Waals surface area contributed by atoms with Crippen LogP contribution in [0.5, 0.6) is 5.75 Å². The van der Waals surface area contributed by atoms with Gasteiger partial charge in [0.15, 0.2) is 0 Å². The van der Waals surface area contributed by atoms with Gasteiger partial charge in [0, 0.05) is 18.7 Å². The zero-order chi connectivity index (χ0) is 18.7. The van der Waals surface area contributed by atoms with Crippen LogP contribution in [0.4, 0.5) is 10.6 Å². The summed E-state index contributed by atoms with van der Waals surface area (Å²) in [5.74, 6) is 0.893. The number of alkyl carbamates (subject to hydrolysis) is 1. The largest absolute Gasteiger partial charge is 0.507 e. The lowest BCUT2D eigenvalue weighted by atomic mass is 10.1. The van der Waals surface area contributed by atoms with E-state index < -0.39 is 11.7 Å². The lowest BCUT2D eigenvalue weighted by Crippen LogP contribution is -2.40. The van der Waals surface area contributed by atoms with Crippen LogP contribution in [0.15, 0.2) is 36.7 Å². The number of anilines is 1. The smallest absolute Gasteiger partial charge is 0.407 e. The third-order valence-corrected chi connectivity index (χ3v) is 4.03. The Morgan fingerprint density at radius 1 is 1.31 bits per heavy atom.